The number of carbonyl (C=O) groups excluding carboxylic acids is 1. The van der Waals surface area contributed by atoms with Gasteiger partial charge in [0.1, 0.15) is 0 Å². The lowest BCUT2D eigenvalue weighted by atomic mass is 10.1. The van der Waals surface area contributed by atoms with Gasteiger partial charge < -0.3 is 4.90 Å². The molecule has 1 amide bonds. The second-order valence-electron chi connectivity index (χ2n) is 7.51. The molecule has 1 aliphatic heterocycles. The van der Waals surface area contributed by atoms with Crippen LogP contribution in [-0.2, 0) is 16.4 Å². The van der Waals surface area contributed by atoms with Gasteiger partial charge in [0.2, 0.25) is 0 Å². The fourth-order valence-corrected chi connectivity index (χ4v) is 5.97. The molecule has 0 atom stereocenters. The van der Waals surface area contributed by atoms with Crippen molar-refractivity contribution in [2.45, 2.75) is 50.0 Å². The Morgan fingerprint density at radius 1 is 1.11 bits per heavy atom. The Bertz CT molecular complexity index is 981. The van der Waals surface area contributed by atoms with Gasteiger partial charge in [0, 0.05) is 24.7 Å². The molecule has 28 heavy (non-hydrogen) atoms. The zero-order valence-electron chi connectivity index (χ0n) is 16.2. The minimum Gasteiger partial charge on any atom is -0.336 e. The minimum absolute atomic E-state index is 0.0757. The van der Waals surface area contributed by atoms with Crippen molar-refractivity contribution in [2.75, 3.05) is 17.4 Å². The number of carbonyl (C=O) groups is 1. The van der Waals surface area contributed by atoms with Gasteiger partial charge >= 0.3 is 0 Å². The quantitative estimate of drug-likeness (QED) is 0.769. The maximum absolute atomic E-state index is 13.3. The van der Waals surface area contributed by atoms with Gasteiger partial charge in [-0.1, -0.05) is 37.1 Å². The largest absolute Gasteiger partial charge is 0.336 e. The maximum atomic E-state index is 13.3. The third-order valence-electron chi connectivity index (χ3n) is 5.88. The van der Waals surface area contributed by atoms with E-state index < -0.39 is 10.0 Å². The fraction of sp³-hybridized carbons (Fsp3) is 0.409. The van der Waals surface area contributed by atoms with Crippen molar-refractivity contribution < 1.29 is 13.2 Å². The number of hydrogen-bond acceptors (Lipinski definition) is 3. The van der Waals surface area contributed by atoms with E-state index in [1.807, 2.05) is 36.1 Å². The Morgan fingerprint density at radius 2 is 1.86 bits per heavy atom. The summed E-state index contributed by atoms with van der Waals surface area (Å²) in [7, 11) is -3.70. The fourth-order valence-electron chi connectivity index (χ4n) is 4.42. The molecule has 5 nitrogen and oxygen atoms in total. The summed E-state index contributed by atoms with van der Waals surface area (Å²) in [5.41, 5.74) is 2.22. The van der Waals surface area contributed by atoms with Crippen LogP contribution in [0.2, 0.25) is 0 Å². The van der Waals surface area contributed by atoms with Crippen molar-refractivity contribution >= 4 is 21.6 Å². The molecule has 1 fully saturated rings. The third kappa shape index (κ3) is 3.30. The summed E-state index contributed by atoms with van der Waals surface area (Å²) in [6.07, 6.45) is 5.07. The van der Waals surface area contributed by atoms with Crippen LogP contribution >= 0.6 is 0 Å². The van der Waals surface area contributed by atoms with Gasteiger partial charge in [-0.2, -0.15) is 0 Å². The lowest BCUT2D eigenvalue weighted by Crippen LogP contribution is -2.38. The molecule has 0 aromatic heterocycles. The molecule has 148 valence electrons. The number of nitrogens with zero attached hydrogens (tertiary/aromatic N) is 2. The highest BCUT2D eigenvalue weighted by atomic mass is 32.2. The van der Waals surface area contributed by atoms with E-state index in [-0.39, 0.29) is 16.8 Å². The molecule has 0 spiro atoms. The number of benzene rings is 2. The highest BCUT2D eigenvalue weighted by Crippen LogP contribution is 2.33. The molecule has 1 saturated carbocycles. The smallest absolute Gasteiger partial charge is 0.264 e. The van der Waals surface area contributed by atoms with Crippen molar-refractivity contribution in [2.24, 2.45) is 0 Å². The average Bonchev–Trinajstić information content (AvgIpc) is 3.39. The average molecular weight is 399 g/mol. The molecule has 2 aromatic carbocycles. The molecule has 2 aliphatic rings. The predicted octanol–water partition coefficient (Wildman–Crippen LogP) is 3.84. The molecule has 1 heterocycles. The Labute approximate surface area is 167 Å². The van der Waals surface area contributed by atoms with E-state index in [0.717, 1.165) is 36.9 Å². The minimum atomic E-state index is -3.70. The van der Waals surface area contributed by atoms with Crippen molar-refractivity contribution in [3.05, 3.63) is 59.7 Å². The predicted molar refractivity (Wildman–Crippen MR) is 110 cm³/mol. The molecule has 0 unspecified atom stereocenters. The van der Waals surface area contributed by atoms with Gasteiger partial charge in [-0.15, -0.1) is 0 Å². The molecule has 0 N–H and O–H groups in total. The maximum Gasteiger partial charge on any atom is 0.264 e. The Balaban J connectivity index is 1.64. The summed E-state index contributed by atoms with van der Waals surface area (Å²) in [6, 6.07) is 14.4. The highest BCUT2D eigenvalue weighted by Gasteiger charge is 2.32. The number of amides is 1. The van der Waals surface area contributed by atoms with Crippen molar-refractivity contribution in [3.8, 4) is 0 Å². The molecule has 6 heteroatoms. The SMILES string of the molecule is CCN(C(=O)c1cccc(S(=O)(=O)N2CCc3ccccc32)c1)C1CCCC1. The molecule has 0 radical (unpaired) electrons. The van der Waals surface area contributed by atoms with Crippen LogP contribution in [0.25, 0.3) is 0 Å². The van der Waals surface area contributed by atoms with E-state index in [2.05, 4.69) is 0 Å². The number of sulfonamides is 1. The Morgan fingerprint density at radius 3 is 2.61 bits per heavy atom. The number of fused-ring (bicyclic) bond motifs is 1. The van der Waals surface area contributed by atoms with Gasteiger partial charge in [0.15, 0.2) is 0 Å². The zero-order chi connectivity index (χ0) is 19.7. The molecule has 2 aromatic rings. The van der Waals surface area contributed by atoms with E-state index in [4.69, 9.17) is 0 Å². The first-order valence-corrected chi connectivity index (χ1v) is 11.5. The van der Waals surface area contributed by atoms with Crippen molar-refractivity contribution in [1.29, 1.82) is 0 Å². The summed E-state index contributed by atoms with van der Waals surface area (Å²) < 4.78 is 28.0. The monoisotopic (exact) mass is 398 g/mol. The topological polar surface area (TPSA) is 57.7 Å². The summed E-state index contributed by atoms with van der Waals surface area (Å²) in [5.74, 6) is -0.0757. The van der Waals surface area contributed by atoms with Gasteiger partial charge in [0.25, 0.3) is 15.9 Å². The number of hydrogen-bond donors (Lipinski definition) is 0. The normalized spacial score (nSPS) is 17.0. The molecular formula is C22H26N2O3S. The van der Waals surface area contributed by atoms with Crippen LogP contribution in [0.4, 0.5) is 5.69 Å². The molecule has 0 bridgehead atoms. The van der Waals surface area contributed by atoms with E-state index in [0.29, 0.717) is 25.1 Å². The molecule has 0 saturated heterocycles. The molecular weight excluding hydrogens is 372 g/mol. The number of anilines is 1. The Hall–Kier alpha value is -2.34. The first-order valence-electron chi connectivity index (χ1n) is 10.0. The van der Waals surface area contributed by atoms with Gasteiger partial charge in [-0.05, 0) is 56.0 Å². The highest BCUT2D eigenvalue weighted by molar-refractivity contribution is 7.92. The second kappa shape index (κ2) is 7.59. The van der Waals surface area contributed by atoms with E-state index in [9.17, 15) is 13.2 Å². The van der Waals surface area contributed by atoms with E-state index >= 15 is 0 Å². The number of rotatable bonds is 5. The summed E-state index contributed by atoms with van der Waals surface area (Å²) in [5, 5.41) is 0. The van der Waals surface area contributed by atoms with Gasteiger partial charge in [-0.25, -0.2) is 8.42 Å². The van der Waals surface area contributed by atoms with Crippen molar-refractivity contribution in [1.82, 2.24) is 4.90 Å². The van der Waals surface area contributed by atoms with Crippen LogP contribution < -0.4 is 4.31 Å². The first kappa shape index (κ1) is 19.0. The molecule has 1 aliphatic carbocycles. The lowest BCUT2D eigenvalue weighted by Gasteiger charge is -2.28. The van der Waals surface area contributed by atoms with E-state index in [1.165, 1.54) is 10.4 Å². The van der Waals surface area contributed by atoms with Crippen molar-refractivity contribution in [3.63, 3.8) is 0 Å². The third-order valence-corrected chi connectivity index (χ3v) is 7.69. The zero-order valence-corrected chi connectivity index (χ0v) is 17.0. The van der Waals surface area contributed by atoms with Crippen LogP contribution in [0.3, 0.4) is 0 Å². The van der Waals surface area contributed by atoms with Gasteiger partial charge in [0.05, 0.1) is 10.6 Å². The standard InChI is InChI=1S/C22H26N2O3S/c1-2-23(19-10-4-5-11-19)22(25)18-9-7-12-20(16-18)28(26,27)24-15-14-17-8-3-6-13-21(17)24/h3,6-9,12-13,16,19H,2,4-5,10-11,14-15H2,1H3. The number of para-hydroxylation sites is 1. The second-order valence-corrected chi connectivity index (χ2v) is 9.38. The lowest BCUT2D eigenvalue weighted by molar-refractivity contribution is 0.0693. The van der Waals surface area contributed by atoms with Crippen LogP contribution in [0.15, 0.2) is 53.4 Å². The van der Waals surface area contributed by atoms with Crippen LogP contribution in [0.1, 0.15) is 48.5 Å². The van der Waals surface area contributed by atoms with E-state index in [1.54, 1.807) is 18.2 Å². The summed E-state index contributed by atoms with van der Waals surface area (Å²) in [6.45, 7) is 3.06. The van der Waals surface area contributed by atoms with Crippen LogP contribution in [-0.4, -0.2) is 38.4 Å². The van der Waals surface area contributed by atoms with Crippen LogP contribution in [0.5, 0.6) is 0 Å². The molecule has 4 rings (SSSR count). The van der Waals surface area contributed by atoms with Gasteiger partial charge in [-0.3, -0.25) is 9.10 Å². The Kier molecular flexibility index (Phi) is 5.15. The summed E-state index contributed by atoms with van der Waals surface area (Å²) in [4.78, 5) is 15.2. The summed E-state index contributed by atoms with van der Waals surface area (Å²) >= 11 is 0. The van der Waals surface area contributed by atoms with Crippen LogP contribution in [0, 0.1) is 0 Å². The first-order chi connectivity index (χ1) is 13.5.